The second kappa shape index (κ2) is 3.59. The molecule has 2 aromatic heterocycles. The van der Waals surface area contributed by atoms with Crippen molar-refractivity contribution in [2.24, 2.45) is 0 Å². The van der Waals surface area contributed by atoms with Crippen LogP contribution in [0.1, 0.15) is 44.7 Å². The third kappa shape index (κ3) is 1.83. The van der Waals surface area contributed by atoms with Crippen molar-refractivity contribution in [1.82, 2.24) is 9.61 Å². The molecule has 0 fully saturated rings. The predicted molar refractivity (Wildman–Crippen MR) is 64.5 cm³/mol. The molecule has 0 aromatic carbocycles. The van der Waals surface area contributed by atoms with Gasteiger partial charge in [0.2, 0.25) is 0 Å². The summed E-state index contributed by atoms with van der Waals surface area (Å²) in [6.45, 7) is 7.86. The van der Waals surface area contributed by atoms with Crippen LogP contribution in [0.25, 0.3) is 5.52 Å². The minimum absolute atomic E-state index is 0.463. The summed E-state index contributed by atoms with van der Waals surface area (Å²) < 4.78 is 1.84. The Bertz CT molecular complexity index is 506. The summed E-state index contributed by atoms with van der Waals surface area (Å²) in [7, 11) is 0. The monoisotopic (exact) mass is 218 g/mol. The highest BCUT2D eigenvalue weighted by atomic mass is 16.3. The van der Waals surface area contributed by atoms with Crippen LogP contribution in [0.5, 0.6) is 0 Å². The normalized spacial score (nSPS) is 12.6. The summed E-state index contributed by atoms with van der Waals surface area (Å²) in [6.07, 6.45) is 3.79. The van der Waals surface area contributed by atoms with E-state index in [1.165, 1.54) is 5.56 Å². The fraction of sp³-hybridized carbons (Fsp3) is 0.462. The Hall–Kier alpha value is -1.35. The summed E-state index contributed by atoms with van der Waals surface area (Å²) in [5, 5.41) is 14.2. The molecular weight excluding hydrogens is 200 g/mol. The fourth-order valence-corrected chi connectivity index (χ4v) is 1.81. The first-order valence-electron chi connectivity index (χ1n) is 5.60. The minimum atomic E-state index is -0.821. The molecular formula is C13H18N2O. The minimum Gasteiger partial charge on any atom is -0.386 e. The molecule has 0 aliphatic rings. The van der Waals surface area contributed by atoms with Gasteiger partial charge in [0.05, 0.1) is 17.3 Å². The zero-order valence-corrected chi connectivity index (χ0v) is 10.2. The number of hydrogen-bond donors (Lipinski definition) is 1. The van der Waals surface area contributed by atoms with Crippen LogP contribution in [-0.4, -0.2) is 14.7 Å². The molecule has 0 bridgehead atoms. The van der Waals surface area contributed by atoms with Gasteiger partial charge in [0.25, 0.3) is 0 Å². The van der Waals surface area contributed by atoms with Crippen LogP contribution in [-0.2, 0) is 5.60 Å². The van der Waals surface area contributed by atoms with E-state index in [0.29, 0.717) is 5.92 Å². The number of aliphatic hydroxyl groups is 1. The number of hydrogen-bond acceptors (Lipinski definition) is 2. The van der Waals surface area contributed by atoms with Gasteiger partial charge in [0.1, 0.15) is 0 Å². The lowest BCUT2D eigenvalue weighted by molar-refractivity contribution is 0.0780. The van der Waals surface area contributed by atoms with Gasteiger partial charge in [-0.1, -0.05) is 19.9 Å². The lowest BCUT2D eigenvalue weighted by atomic mass is 9.99. The molecule has 0 amide bonds. The largest absolute Gasteiger partial charge is 0.386 e. The number of pyridine rings is 1. The Morgan fingerprint density at radius 2 is 2.00 bits per heavy atom. The van der Waals surface area contributed by atoms with Crippen molar-refractivity contribution < 1.29 is 5.11 Å². The Morgan fingerprint density at radius 3 is 2.56 bits per heavy atom. The maximum absolute atomic E-state index is 9.92. The Kier molecular flexibility index (Phi) is 2.50. The summed E-state index contributed by atoms with van der Waals surface area (Å²) in [4.78, 5) is 0. The Labute approximate surface area is 95.7 Å². The molecule has 86 valence electrons. The topological polar surface area (TPSA) is 37.5 Å². The van der Waals surface area contributed by atoms with Gasteiger partial charge < -0.3 is 5.11 Å². The number of nitrogens with zero attached hydrogens (tertiary/aromatic N) is 2. The summed E-state index contributed by atoms with van der Waals surface area (Å²) in [5.74, 6) is 0.463. The van der Waals surface area contributed by atoms with E-state index < -0.39 is 5.60 Å². The SMILES string of the molecule is CC(C)c1cnn2cc(C(C)(C)O)ccc12. The van der Waals surface area contributed by atoms with Gasteiger partial charge >= 0.3 is 0 Å². The molecule has 0 saturated carbocycles. The van der Waals surface area contributed by atoms with Gasteiger partial charge in [-0.05, 0) is 25.8 Å². The van der Waals surface area contributed by atoms with Crippen molar-refractivity contribution in [2.75, 3.05) is 0 Å². The van der Waals surface area contributed by atoms with Crippen molar-refractivity contribution in [3.63, 3.8) is 0 Å². The van der Waals surface area contributed by atoms with Gasteiger partial charge in [0.15, 0.2) is 0 Å². The van der Waals surface area contributed by atoms with Crippen molar-refractivity contribution in [1.29, 1.82) is 0 Å². The average Bonchev–Trinajstić information content (AvgIpc) is 2.58. The lowest BCUT2D eigenvalue weighted by Crippen LogP contribution is -2.16. The van der Waals surface area contributed by atoms with E-state index in [-0.39, 0.29) is 0 Å². The van der Waals surface area contributed by atoms with E-state index in [0.717, 1.165) is 11.1 Å². The van der Waals surface area contributed by atoms with Gasteiger partial charge in [-0.3, -0.25) is 0 Å². The van der Waals surface area contributed by atoms with Crippen LogP contribution >= 0.6 is 0 Å². The molecule has 3 nitrogen and oxygen atoms in total. The fourth-order valence-electron chi connectivity index (χ4n) is 1.81. The number of aromatic nitrogens is 2. The number of rotatable bonds is 2. The van der Waals surface area contributed by atoms with Gasteiger partial charge in [-0.2, -0.15) is 5.10 Å². The Morgan fingerprint density at radius 1 is 1.31 bits per heavy atom. The highest BCUT2D eigenvalue weighted by Crippen LogP contribution is 2.24. The van der Waals surface area contributed by atoms with E-state index in [4.69, 9.17) is 0 Å². The zero-order valence-electron chi connectivity index (χ0n) is 10.2. The zero-order chi connectivity index (χ0) is 11.9. The van der Waals surface area contributed by atoms with Gasteiger partial charge in [-0.15, -0.1) is 0 Å². The maximum Gasteiger partial charge on any atom is 0.0855 e. The maximum atomic E-state index is 9.92. The molecule has 1 N–H and O–H groups in total. The molecule has 0 spiro atoms. The quantitative estimate of drug-likeness (QED) is 0.841. The first kappa shape index (κ1) is 11.1. The molecule has 2 rings (SSSR count). The first-order chi connectivity index (χ1) is 7.39. The molecule has 2 heterocycles. The predicted octanol–water partition coefficient (Wildman–Crippen LogP) is 2.69. The molecule has 2 aromatic rings. The van der Waals surface area contributed by atoms with Gasteiger partial charge in [0, 0.05) is 17.3 Å². The van der Waals surface area contributed by atoms with E-state index >= 15 is 0 Å². The van der Waals surface area contributed by atoms with Crippen molar-refractivity contribution in [3.05, 3.63) is 35.7 Å². The molecule has 0 aliphatic carbocycles. The first-order valence-corrected chi connectivity index (χ1v) is 5.60. The standard InChI is InChI=1S/C13H18N2O/c1-9(2)11-7-14-15-8-10(13(3,4)16)5-6-12(11)15/h5-9,16H,1-4H3. The summed E-state index contributed by atoms with van der Waals surface area (Å²) in [6, 6.07) is 3.98. The molecule has 0 unspecified atom stereocenters. The molecule has 0 radical (unpaired) electrons. The summed E-state index contributed by atoms with van der Waals surface area (Å²) >= 11 is 0. The third-order valence-corrected chi connectivity index (χ3v) is 2.87. The van der Waals surface area contributed by atoms with Crippen LogP contribution in [0.4, 0.5) is 0 Å². The second-order valence-corrected chi connectivity index (χ2v) is 5.06. The Balaban J connectivity index is 2.58. The van der Waals surface area contributed by atoms with Crippen molar-refractivity contribution in [3.8, 4) is 0 Å². The van der Waals surface area contributed by atoms with Crippen molar-refractivity contribution >= 4 is 5.52 Å². The second-order valence-electron chi connectivity index (χ2n) is 5.06. The van der Waals surface area contributed by atoms with Crippen LogP contribution in [0.3, 0.4) is 0 Å². The highest BCUT2D eigenvalue weighted by molar-refractivity contribution is 5.55. The molecule has 0 atom stereocenters. The number of fused-ring (bicyclic) bond motifs is 1. The summed E-state index contributed by atoms with van der Waals surface area (Å²) in [5.41, 5.74) is 2.40. The van der Waals surface area contributed by atoms with E-state index in [9.17, 15) is 5.11 Å². The van der Waals surface area contributed by atoms with Crippen LogP contribution in [0.15, 0.2) is 24.5 Å². The lowest BCUT2D eigenvalue weighted by Gasteiger charge is -2.17. The average molecular weight is 218 g/mol. The van der Waals surface area contributed by atoms with E-state index in [2.05, 4.69) is 18.9 Å². The highest BCUT2D eigenvalue weighted by Gasteiger charge is 2.17. The van der Waals surface area contributed by atoms with Crippen LogP contribution in [0, 0.1) is 0 Å². The van der Waals surface area contributed by atoms with Crippen molar-refractivity contribution in [2.45, 2.75) is 39.2 Å². The smallest absolute Gasteiger partial charge is 0.0855 e. The van der Waals surface area contributed by atoms with Crippen LogP contribution < -0.4 is 0 Å². The van der Waals surface area contributed by atoms with E-state index in [1.807, 2.05) is 29.0 Å². The molecule has 0 saturated heterocycles. The third-order valence-electron chi connectivity index (χ3n) is 2.87. The molecule has 3 heteroatoms. The van der Waals surface area contributed by atoms with Gasteiger partial charge in [-0.25, -0.2) is 4.52 Å². The molecule has 16 heavy (non-hydrogen) atoms. The molecule has 0 aliphatic heterocycles. The van der Waals surface area contributed by atoms with E-state index in [1.54, 1.807) is 13.8 Å². The van der Waals surface area contributed by atoms with Crippen LogP contribution in [0.2, 0.25) is 0 Å².